The highest BCUT2D eigenvalue weighted by Crippen LogP contribution is 2.61. The van der Waals surface area contributed by atoms with E-state index in [2.05, 4.69) is 11.9 Å². The van der Waals surface area contributed by atoms with E-state index in [1.54, 1.807) is 6.08 Å². The maximum Gasteiger partial charge on any atom is 0.325 e. The van der Waals surface area contributed by atoms with Crippen LogP contribution in [0.1, 0.15) is 66.7 Å². The number of aromatic nitrogens is 1. The zero-order valence-electron chi connectivity index (χ0n) is 18.7. The normalized spacial score (nSPS) is 28.4. The van der Waals surface area contributed by atoms with Gasteiger partial charge in [0.1, 0.15) is 6.54 Å². The number of esters is 1. The molecule has 0 radical (unpaired) electrons. The van der Waals surface area contributed by atoms with E-state index >= 15 is 0 Å². The summed E-state index contributed by atoms with van der Waals surface area (Å²) in [7, 11) is 0. The first-order chi connectivity index (χ1) is 14.8. The third-order valence-corrected chi connectivity index (χ3v) is 7.68. The van der Waals surface area contributed by atoms with Gasteiger partial charge in [-0.3, -0.25) is 14.4 Å². The van der Waals surface area contributed by atoms with Gasteiger partial charge in [0.05, 0.1) is 0 Å². The number of ketones is 1. The van der Waals surface area contributed by atoms with Crippen LogP contribution in [0.2, 0.25) is 0 Å². The van der Waals surface area contributed by atoms with Gasteiger partial charge >= 0.3 is 5.97 Å². The second kappa shape index (κ2) is 8.64. The van der Waals surface area contributed by atoms with Crippen LogP contribution in [0.4, 0.5) is 0 Å². The molecule has 0 aromatic carbocycles. The van der Waals surface area contributed by atoms with Gasteiger partial charge < -0.3 is 14.6 Å². The van der Waals surface area contributed by atoms with E-state index in [0.717, 1.165) is 48.4 Å². The van der Waals surface area contributed by atoms with Crippen LogP contribution in [0, 0.1) is 37.0 Å². The van der Waals surface area contributed by atoms with Crippen LogP contribution in [-0.2, 0) is 20.9 Å². The van der Waals surface area contributed by atoms with Crippen molar-refractivity contribution < 1.29 is 19.1 Å². The topological polar surface area (TPSA) is 77.4 Å². The lowest BCUT2D eigenvalue weighted by Gasteiger charge is -2.56. The zero-order valence-corrected chi connectivity index (χ0v) is 18.7. The van der Waals surface area contributed by atoms with E-state index < -0.39 is 5.97 Å². The molecule has 1 aromatic rings. The Bertz CT molecular complexity index is 862. The van der Waals surface area contributed by atoms with Gasteiger partial charge in [-0.25, -0.2) is 0 Å². The van der Waals surface area contributed by atoms with Crippen molar-refractivity contribution in [2.75, 3.05) is 13.2 Å². The summed E-state index contributed by atoms with van der Waals surface area (Å²) in [6.07, 6.45) is 9.81. The van der Waals surface area contributed by atoms with Crippen molar-refractivity contribution in [2.24, 2.45) is 23.2 Å². The summed E-state index contributed by atoms with van der Waals surface area (Å²) in [6, 6.07) is 1.81. The zero-order chi connectivity index (χ0) is 22.2. The molecule has 1 aromatic heterocycles. The summed E-state index contributed by atoms with van der Waals surface area (Å²) in [5, 5.41) is 2.72. The average molecular weight is 427 g/mol. The summed E-state index contributed by atoms with van der Waals surface area (Å²) < 4.78 is 7.13. The van der Waals surface area contributed by atoms with Gasteiger partial charge in [0, 0.05) is 29.9 Å². The fourth-order valence-electron chi connectivity index (χ4n) is 6.85. The van der Waals surface area contributed by atoms with Crippen LogP contribution in [0.5, 0.6) is 0 Å². The van der Waals surface area contributed by atoms with Crippen molar-refractivity contribution in [3.05, 3.63) is 35.7 Å². The molecule has 0 atom stereocenters. The van der Waals surface area contributed by atoms with Gasteiger partial charge in [0.2, 0.25) is 11.7 Å². The van der Waals surface area contributed by atoms with Gasteiger partial charge in [0.25, 0.3) is 0 Å². The monoisotopic (exact) mass is 426 g/mol. The Morgan fingerprint density at radius 1 is 1.16 bits per heavy atom. The minimum Gasteiger partial charge on any atom is -0.456 e. The lowest BCUT2D eigenvalue weighted by Crippen LogP contribution is -2.48. The SMILES string of the molecule is C=CCn1c(C)cc(C(=O)COC(=O)CNC(=O)CC23CC4CC(CC(C4)C2)C3)c1C. The predicted octanol–water partition coefficient (Wildman–Crippen LogP) is 3.74. The van der Waals surface area contributed by atoms with Crippen LogP contribution in [0.3, 0.4) is 0 Å². The number of carbonyl (C=O) groups excluding carboxylic acids is 3. The van der Waals surface area contributed by atoms with Crippen molar-refractivity contribution >= 4 is 17.7 Å². The Hall–Kier alpha value is -2.37. The molecule has 4 fully saturated rings. The van der Waals surface area contributed by atoms with Crippen LogP contribution in [-0.4, -0.2) is 35.4 Å². The van der Waals surface area contributed by atoms with E-state index in [1.165, 1.54) is 19.3 Å². The first-order valence-electron chi connectivity index (χ1n) is 11.5. The number of aryl methyl sites for hydroxylation is 1. The molecule has 6 nitrogen and oxygen atoms in total. The van der Waals surface area contributed by atoms with Gasteiger partial charge in [-0.05, 0) is 81.6 Å². The number of nitrogens with one attached hydrogen (secondary N) is 1. The van der Waals surface area contributed by atoms with Gasteiger partial charge in [-0.2, -0.15) is 0 Å². The molecule has 4 saturated carbocycles. The second-order valence-corrected chi connectivity index (χ2v) is 10.1. The Kier molecular flexibility index (Phi) is 6.09. The Balaban J connectivity index is 1.23. The molecular formula is C25H34N2O4. The largest absolute Gasteiger partial charge is 0.456 e. The molecule has 4 aliphatic carbocycles. The van der Waals surface area contributed by atoms with Crippen LogP contribution in [0.15, 0.2) is 18.7 Å². The highest BCUT2D eigenvalue weighted by Gasteiger charge is 2.51. The summed E-state index contributed by atoms with van der Waals surface area (Å²) in [5.41, 5.74) is 2.50. The third-order valence-electron chi connectivity index (χ3n) is 7.68. The highest BCUT2D eigenvalue weighted by atomic mass is 16.5. The lowest BCUT2D eigenvalue weighted by molar-refractivity contribution is -0.143. The van der Waals surface area contributed by atoms with Gasteiger partial charge in [-0.1, -0.05) is 6.08 Å². The van der Waals surface area contributed by atoms with E-state index in [0.29, 0.717) is 18.5 Å². The van der Waals surface area contributed by atoms with Crippen molar-refractivity contribution in [2.45, 2.75) is 65.3 Å². The molecule has 0 unspecified atom stereocenters. The number of carbonyl (C=O) groups is 3. The maximum absolute atomic E-state index is 12.5. The average Bonchev–Trinajstić information content (AvgIpc) is 2.98. The molecule has 0 spiro atoms. The molecule has 31 heavy (non-hydrogen) atoms. The first-order valence-corrected chi connectivity index (χ1v) is 11.5. The molecule has 0 aliphatic heterocycles. The Labute approximate surface area is 184 Å². The number of ether oxygens (including phenoxy) is 1. The molecule has 1 N–H and O–H groups in total. The number of hydrogen-bond acceptors (Lipinski definition) is 4. The molecule has 4 bridgehead atoms. The molecular weight excluding hydrogens is 392 g/mol. The maximum atomic E-state index is 12.5. The summed E-state index contributed by atoms with van der Waals surface area (Å²) >= 11 is 0. The number of hydrogen-bond donors (Lipinski definition) is 1. The number of rotatable bonds is 9. The first kappa shape index (κ1) is 21.8. The van der Waals surface area contributed by atoms with E-state index in [9.17, 15) is 14.4 Å². The fraction of sp³-hybridized carbons (Fsp3) is 0.640. The smallest absolute Gasteiger partial charge is 0.325 e. The van der Waals surface area contributed by atoms with Crippen molar-refractivity contribution in [1.82, 2.24) is 9.88 Å². The molecule has 0 saturated heterocycles. The van der Waals surface area contributed by atoms with E-state index in [-0.39, 0.29) is 30.3 Å². The highest BCUT2D eigenvalue weighted by molar-refractivity contribution is 5.99. The van der Waals surface area contributed by atoms with Gasteiger partial charge in [-0.15, -0.1) is 6.58 Å². The molecule has 6 heteroatoms. The van der Waals surface area contributed by atoms with Crippen molar-refractivity contribution in [1.29, 1.82) is 0 Å². The molecule has 4 aliphatic rings. The van der Waals surface area contributed by atoms with Crippen LogP contribution < -0.4 is 5.32 Å². The number of Topliss-reactive ketones (excluding diaryl/α,β-unsaturated/α-hetero) is 1. The summed E-state index contributed by atoms with van der Waals surface area (Å²) in [4.78, 5) is 37.1. The van der Waals surface area contributed by atoms with E-state index in [1.807, 2.05) is 24.5 Å². The molecule has 1 amide bonds. The van der Waals surface area contributed by atoms with Gasteiger partial charge in [0.15, 0.2) is 6.61 Å². The quantitative estimate of drug-likeness (QED) is 0.371. The minimum absolute atomic E-state index is 0.0711. The molecule has 5 rings (SSSR count). The van der Waals surface area contributed by atoms with Crippen LogP contribution in [0.25, 0.3) is 0 Å². The third kappa shape index (κ3) is 4.63. The lowest BCUT2D eigenvalue weighted by atomic mass is 9.49. The molecule has 168 valence electrons. The summed E-state index contributed by atoms with van der Waals surface area (Å²) in [5.74, 6) is 1.50. The minimum atomic E-state index is -0.577. The number of allylic oxidation sites excluding steroid dienone is 1. The predicted molar refractivity (Wildman–Crippen MR) is 118 cm³/mol. The van der Waals surface area contributed by atoms with Crippen LogP contribution >= 0.6 is 0 Å². The second-order valence-electron chi connectivity index (χ2n) is 10.1. The van der Waals surface area contributed by atoms with E-state index in [4.69, 9.17) is 4.74 Å². The number of amides is 1. The van der Waals surface area contributed by atoms with Crippen molar-refractivity contribution in [3.63, 3.8) is 0 Å². The fourth-order valence-corrected chi connectivity index (χ4v) is 6.85. The standard InChI is InChI=1S/C25H34N2O4/c1-4-5-27-16(2)6-21(17(27)3)22(28)15-31-24(30)14-26-23(29)13-25-10-18-7-19(11-25)9-20(8-18)12-25/h4,6,18-20H,1,5,7-15H2,2-3H3,(H,26,29). The Morgan fingerprint density at radius 2 is 1.77 bits per heavy atom. The summed E-state index contributed by atoms with van der Waals surface area (Å²) in [6.45, 7) is 7.66. The molecule has 1 heterocycles. The number of nitrogens with zero attached hydrogens (tertiary/aromatic N) is 1. The Morgan fingerprint density at radius 3 is 2.35 bits per heavy atom. The van der Waals surface area contributed by atoms with Crippen molar-refractivity contribution in [3.8, 4) is 0 Å².